The van der Waals surface area contributed by atoms with E-state index in [0.717, 1.165) is 0 Å². The average Bonchev–Trinajstić information content (AvgIpc) is 3.19. The molecule has 2 aliphatic heterocycles. The summed E-state index contributed by atoms with van der Waals surface area (Å²) in [6.07, 6.45) is 0.0509. The van der Waals surface area contributed by atoms with Gasteiger partial charge < -0.3 is 14.4 Å². The van der Waals surface area contributed by atoms with Gasteiger partial charge in [0.05, 0.1) is 38.2 Å². The van der Waals surface area contributed by atoms with Crippen molar-refractivity contribution in [3.8, 4) is 11.5 Å². The fourth-order valence-corrected chi connectivity index (χ4v) is 7.71. The highest BCUT2D eigenvalue weighted by Gasteiger charge is 2.49. The fourth-order valence-electron chi connectivity index (χ4n) is 3.78. The number of ether oxygens (including phenoxy) is 2. The molecule has 10 heteroatoms. The number of rotatable bonds is 5. The molecule has 2 aromatic rings. The molecular weight excluding hydrogens is 443 g/mol. The number of aliphatic imine (C=N–C) groups is 1. The lowest BCUT2D eigenvalue weighted by atomic mass is 10.1. The molecule has 0 spiro atoms. The molecule has 2 aromatic carbocycles. The normalized spacial score (nSPS) is 23.1. The Morgan fingerprint density at radius 2 is 1.84 bits per heavy atom. The molecule has 0 radical (unpaired) electrons. The number of hydrogen-bond acceptors (Lipinski definition) is 6. The van der Waals surface area contributed by atoms with Crippen LogP contribution in [0.2, 0.25) is 0 Å². The Hall–Kier alpha value is -2.59. The molecule has 164 valence electrons. The van der Waals surface area contributed by atoms with Crippen molar-refractivity contribution in [1.29, 1.82) is 0 Å². The van der Waals surface area contributed by atoms with Gasteiger partial charge in [-0.05, 0) is 42.0 Å². The van der Waals surface area contributed by atoms with Crippen LogP contribution in [0.15, 0.2) is 47.5 Å². The number of hydrogen-bond donors (Lipinski definition) is 0. The summed E-state index contributed by atoms with van der Waals surface area (Å²) in [5, 5.41) is 0.213. The smallest absolute Gasteiger partial charge is 0.252 e. The molecule has 1 amide bonds. The summed E-state index contributed by atoms with van der Waals surface area (Å²) < 4.78 is 48.2. The van der Waals surface area contributed by atoms with E-state index < -0.39 is 15.7 Å². The van der Waals surface area contributed by atoms with Gasteiger partial charge in [-0.15, -0.1) is 0 Å². The van der Waals surface area contributed by atoms with Crippen molar-refractivity contribution in [3.63, 3.8) is 0 Å². The molecule has 2 heterocycles. The standard InChI is InChI=1S/C21H21FN2O5S2/c1-28-17-8-3-13(9-18(17)29-2)10-20(25)23-21-24(15-6-4-14(22)5-7-15)16-11-31(26,27)12-19(16)30-21/h3-9,16,19H,10-12H2,1-2H3/t16-,19+/m0/s1. The summed E-state index contributed by atoms with van der Waals surface area (Å²) in [6, 6.07) is 10.6. The van der Waals surface area contributed by atoms with Crippen molar-refractivity contribution < 1.29 is 27.1 Å². The first-order chi connectivity index (χ1) is 14.8. The molecule has 0 N–H and O–H groups in total. The van der Waals surface area contributed by atoms with Gasteiger partial charge in [-0.25, -0.2) is 12.8 Å². The highest BCUT2D eigenvalue weighted by Crippen LogP contribution is 2.41. The molecular formula is C21H21FN2O5S2. The lowest BCUT2D eigenvalue weighted by Crippen LogP contribution is -2.37. The summed E-state index contributed by atoms with van der Waals surface area (Å²) in [6.45, 7) is 0. The number of amidine groups is 1. The third-order valence-electron chi connectivity index (χ3n) is 5.20. The van der Waals surface area contributed by atoms with Gasteiger partial charge in [0.25, 0.3) is 5.91 Å². The summed E-state index contributed by atoms with van der Waals surface area (Å²) in [5.41, 5.74) is 1.32. The van der Waals surface area contributed by atoms with E-state index >= 15 is 0 Å². The van der Waals surface area contributed by atoms with Crippen LogP contribution in [0.1, 0.15) is 5.56 Å². The molecule has 0 unspecified atom stereocenters. The molecule has 7 nitrogen and oxygen atoms in total. The zero-order valence-corrected chi connectivity index (χ0v) is 18.6. The van der Waals surface area contributed by atoms with Gasteiger partial charge >= 0.3 is 0 Å². The molecule has 2 atom stereocenters. The van der Waals surface area contributed by atoms with Crippen molar-refractivity contribution in [3.05, 3.63) is 53.8 Å². The topological polar surface area (TPSA) is 85.3 Å². The van der Waals surface area contributed by atoms with E-state index in [1.807, 2.05) is 0 Å². The van der Waals surface area contributed by atoms with Crippen LogP contribution in [0.25, 0.3) is 0 Å². The third-order valence-corrected chi connectivity index (χ3v) is 8.40. The van der Waals surface area contributed by atoms with E-state index in [2.05, 4.69) is 4.99 Å². The number of carbonyl (C=O) groups is 1. The number of amides is 1. The number of halogens is 1. The van der Waals surface area contributed by atoms with Crippen molar-refractivity contribution in [1.82, 2.24) is 0 Å². The van der Waals surface area contributed by atoms with Crippen LogP contribution in [0.4, 0.5) is 10.1 Å². The second kappa shape index (κ2) is 8.51. The zero-order chi connectivity index (χ0) is 22.2. The number of fused-ring (bicyclic) bond motifs is 1. The Bertz CT molecular complexity index is 1130. The Morgan fingerprint density at radius 3 is 2.52 bits per heavy atom. The number of benzene rings is 2. The SMILES string of the molecule is COc1ccc(CC(=O)N=C2S[C@@H]3CS(=O)(=O)C[C@@H]3N2c2ccc(F)cc2)cc1OC. The van der Waals surface area contributed by atoms with Gasteiger partial charge in [0, 0.05) is 10.9 Å². The maximum atomic E-state index is 13.4. The van der Waals surface area contributed by atoms with Gasteiger partial charge in [-0.2, -0.15) is 4.99 Å². The number of anilines is 1. The first-order valence-corrected chi connectivity index (χ1v) is 12.2. The number of carbonyl (C=O) groups excluding carboxylic acids is 1. The average molecular weight is 465 g/mol. The number of methoxy groups -OCH3 is 2. The van der Waals surface area contributed by atoms with Crippen molar-refractivity contribution in [2.45, 2.75) is 17.7 Å². The molecule has 2 aliphatic rings. The molecule has 0 aromatic heterocycles. The molecule has 2 saturated heterocycles. The monoisotopic (exact) mass is 464 g/mol. The van der Waals surface area contributed by atoms with Crippen LogP contribution in [0, 0.1) is 5.82 Å². The van der Waals surface area contributed by atoms with Gasteiger partial charge in [-0.3, -0.25) is 4.79 Å². The summed E-state index contributed by atoms with van der Waals surface area (Å²) in [4.78, 5) is 18.8. The summed E-state index contributed by atoms with van der Waals surface area (Å²) in [5.74, 6) is 0.323. The Labute approximate surface area is 184 Å². The minimum absolute atomic E-state index is 0.0229. The third kappa shape index (κ3) is 4.54. The molecule has 2 fully saturated rings. The molecule has 0 saturated carbocycles. The predicted octanol–water partition coefficient (Wildman–Crippen LogP) is 2.69. The van der Waals surface area contributed by atoms with Crippen molar-refractivity contribution >= 4 is 38.4 Å². The summed E-state index contributed by atoms with van der Waals surface area (Å²) >= 11 is 1.28. The Kier molecular flexibility index (Phi) is 5.94. The maximum absolute atomic E-state index is 13.4. The maximum Gasteiger partial charge on any atom is 0.252 e. The minimum atomic E-state index is -3.17. The number of thioether (sulfide) groups is 1. The second-order valence-electron chi connectivity index (χ2n) is 7.30. The predicted molar refractivity (Wildman–Crippen MR) is 118 cm³/mol. The Balaban J connectivity index is 1.60. The first-order valence-electron chi connectivity index (χ1n) is 9.54. The van der Waals surface area contributed by atoms with Gasteiger partial charge in [0.1, 0.15) is 5.82 Å². The Morgan fingerprint density at radius 1 is 1.13 bits per heavy atom. The van der Waals surface area contributed by atoms with E-state index in [9.17, 15) is 17.6 Å². The van der Waals surface area contributed by atoms with Crippen LogP contribution in [0.3, 0.4) is 0 Å². The van der Waals surface area contributed by atoms with Crippen LogP contribution in [0.5, 0.6) is 11.5 Å². The van der Waals surface area contributed by atoms with Crippen molar-refractivity contribution in [2.24, 2.45) is 4.99 Å². The van der Waals surface area contributed by atoms with E-state index in [4.69, 9.17) is 9.47 Å². The lowest BCUT2D eigenvalue weighted by molar-refractivity contribution is -0.117. The quantitative estimate of drug-likeness (QED) is 0.673. The molecule has 4 rings (SSSR count). The number of nitrogens with zero attached hydrogens (tertiary/aromatic N) is 2. The first kappa shape index (κ1) is 21.6. The van der Waals surface area contributed by atoms with E-state index in [-0.39, 0.29) is 35.1 Å². The highest BCUT2D eigenvalue weighted by atomic mass is 32.2. The van der Waals surface area contributed by atoms with E-state index in [0.29, 0.717) is 27.9 Å². The van der Waals surface area contributed by atoms with E-state index in [1.54, 1.807) is 35.2 Å². The lowest BCUT2D eigenvalue weighted by Gasteiger charge is -2.24. The van der Waals surface area contributed by atoms with Gasteiger partial charge in [0.15, 0.2) is 26.5 Å². The van der Waals surface area contributed by atoms with Crippen LogP contribution in [-0.2, 0) is 21.1 Å². The molecule has 0 bridgehead atoms. The van der Waals surface area contributed by atoms with Gasteiger partial charge in [0.2, 0.25) is 0 Å². The van der Waals surface area contributed by atoms with Gasteiger partial charge in [-0.1, -0.05) is 17.8 Å². The molecule has 31 heavy (non-hydrogen) atoms. The largest absolute Gasteiger partial charge is 0.493 e. The van der Waals surface area contributed by atoms with Crippen molar-refractivity contribution in [2.75, 3.05) is 30.6 Å². The van der Waals surface area contributed by atoms with Crippen LogP contribution < -0.4 is 14.4 Å². The molecule has 0 aliphatic carbocycles. The minimum Gasteiger partial charge on any atom is -0.493 e. The van der Waals surface area contributed by atoms with Crippen LogP contribution in [-0.4, -0.2) is 56.5 Å². The zero-order valence-electron chi connectivity index (χ0n) is 16.9. The second-order valence-corrected chi connectivity index (χ2v) is 10.7. The van der Waals surface area contributed by atoms with Crippen LogP contribution >= 0.6 is 11.8 Å². The highest BCUT2D eigenvalue weighted by molar-refractivity contribution is 8.16. The number of sulfone groups is 1. The summed E-state index contributed by atoms with van der Waals surface area (Å²) in [7, 11) is -0.117. The fraction of sp³-hybridized carbons (Fsp3) is 0.333. The van der Waals surface area contributed by atoms with E-state index in [1.165, 1.54) is 38.1 Å².